The number of carbonyl (C=O) groups is 1. The molecule has 0 atom stereocenters. The minimum Gasteiger partial charge on any atom is -0.466 e. The Morgan fingerprint density at radius 1 is 1.25 bits per heavy atom. The van der Waals surface area contributed by atoms with Crippen molar-refractivity contribution in [2.24, 2.45) is 0 Å². The second-order valence-corrected chi connectivity index (χ2v) is 5.88. The fourth-order valence-corrected chi connectivity index (χ4v) is 2.53. The molecule has 0 spiro atoms. The summed E-state index contributed by atoms with van der Waals surface area (Å²) >= 11 is 3.17. The van der Waals surface area contributed by atoms with Gasteiger partial charge in [-0.15, -0.1) is 10.2 Å². The van der Waals surface area contributed by atoms with E-state index >= 15 is 0 Å². The number of carbonyl (C=O) groups excluding carboxylic acids is 1. The zero-order chi connectivity index (χ0) is 17.3. The van der Waals surface area contributed by atoms with Crippen molar-refractivity contribution in [2.75, 3.05) is 0 Å². The number of esters is 1. The van der Waals surface area contributed by atoms with E-state index in [1.54, 1.807) is 13.0 Å². The largest absolute Gasteiger partial charge is 0.466 e. The second kappa shape index (κ2) is 6.56. The molecule has 24 heavy (non-hydrogen) atoms. The molecular weight excluding hydrogens is 383 g/mol. The van der Waals surface area contributed by atoms with Gasteiger partial charge in [-0.3, -0.25) is 0 Å². The Morgan fingerprint density at radius 3 is 2.75 bits per heavy atom. The van der Waals surface area contributed by atoms with Crippen molar-refractivity contribution in [3.05, 3.63) is 57.5 Å². The maximum atomic E-state index is 13.2. The fourth-order valence-electron chi connectivity index (χ4n) is 2.12. The van der Waals surface area contributed by atoms with Crippen LogP contribution >= 0.6 is 15.9 Å². The van der Waals surface area contributed by atoms with Crippen LogP contribution in [0.5, 0.6) is 0 Å². The lowest BCUT2D eigenvalue weighted by atomic mass is 10.2. The number of benzene rings is 1. The Bertz CT molecular complexity index is 903. The van der Waals surface area contributed by atoms with Crippen LogP contribution in [0.4, 0.5) is 4.39 Å². The van der Waals surface area contributed by atoms with Crippen LogP contribution in [-0.4, -0.2) is 16.2 Å². The average molecular weight is 395 g/mol. The molecular formula is C16H12BrFN2O4. The number of aromatic nitrogens is 2. The Hall–Kier alpha value is -2.48. The SMILES string of the molecule is Cc1cc(-c2nnc(COC(=O)c3cc(F)ccc3Br)o2)c(C)o1. The predicted molar refractivity (Wildman–Crippen MR) is 84.7 cm³/mol. The van der Waals surface area contributed by atoms with Crippen LogP contribution in [0.1, 0.15) is 27.8 Å². The molecule has 124 valence electrons. The van der Waals surface area contributed by atoms with Crippen LogP contribution in [0.2, 0.25) is 0 Å². The molecule has 0 N–H and O–H groups in total. The van der Waals surface area contributed by atoms with E-state index in [2.05, 4.69) is 26.1 Å². The fraction of sp³-hybridized carbons (Fsp3) is 0.188. The minimum atomic E-state index is -0.698. The van der Waals surface area contributed by atoms with Crippen LogP contribution in [0.25, 0.3) is 11.5 Å². The van der Waals surface area contributed by atoms with E-state index in [4.69, 9.17) is 13.6 Å². The number of hydrogen-bond acceptors (Lipinski definition) is 6. The molecule has 3 rings (SSSR count). The molecule has 0 fully saturated rings. The number of nitrogens with zero attached hydrogens (tertiary/aromatic N) is 2. The van der Waals surface area contributed by atoms with Gasteiger partial charge in [0, 0.05) is 4.47 Å². The van der Waals surface area contributed by atoms with Crippen molar-refractivity contribution in [3.8, 4) is 11.5 Å². The van der Waals surface area contributed by atoms with Crippen molar-refractivity contribution < 1.29 is 22.8 Å². The summed E-state index contributed by atoms with van der Waals surface area (Å²) < 4.78 is 29.6. The molecule has 0 aliphatic rings. The highest BCUT2D eigenvalue weighted by Gasteiger charge is 2.17. The Kier molecular flexibility index (Phi) is 4.48. The quantitative estimate of drug-likeness (QED) is 0.616. The van der Waals surface area contributed by atoms with Gasteiger partial charge in [0.25, 0.3) is 11.8 Å². The molecule has 0 saturated carbocycles. The summed E-state index contributed by atoms with van der Waals surface area (Å²) in [6, 6.07) is 5.53. The molecule has 0 aliphatic carbocycles. The lowest BCUT2D eigenvalue weighted by molar-refractivity contribution is 0.0437. The average Bonchev–Trinajstić information content (AvgIpc) is 3.13. The van der Waals surface area contributed by atoms with Gasteiger partial charge in [-0.25, -0.2) is 9.18 Å². The van der Waals surface area contributed by atoms with Gasteiger partial charge in [0.05, 0.1) is 11.1 Å². The molecule has 0 amide bonds. The lowest BCUT2D eigenvalue weighted by Gasteiger charge is -2.04. The van der Waals surface area contributed by atoms with E-state index < -0.39 is 11.8 Å². The Morgan fingerprint density at radius 2 is 2.04 bits per heavy atom. The summed E-state index contributed by atoms with van der Waals surface area (Å²) in [5, 5.41) is 7.73. The summed E-state index contributed by atoms with van der Waals surface area (Å²) in [7, 11) is 0. The van der Waals surface area contributed by atoms with E-state index in [0.717, 1.165) is 11.8 Å². The zero-order valence-corrected chi connectivity index (χ0v) is 14.4. The van der Waals surface area contributed by atoms with Crippen molar-refractivity contribution >= 4 is 21.9 Å². The molecule has 8 heteroatoms. The van der Waals surface area contributed by atoms with Crippen LogP contribution in [0, 0.1) is 19.7 Å². The van der Waals surface area contributed by atoms with Gasteiger partial charge >= 0.3 is 5.97 Å². The van der Waals surface area contributed by atoms with Gasteiger partial charge in [0.15, 0.2) is 6.61 Å². The molecule has 3 aromatic rings. The Balaban J connectivity index is 1.70. The third-order valence-corrected chi connectivity index (χ3v) is 3.90. The first-order valence-corrected chi connectivity index (χ1v) is 7.75. The summed E-state index contributed by atoms with van der Waals surface area (Å²) in [6.45, 7) is 3.38. The van der Waals surface area contributed by atoms with Gasteiger partial charge in [0.2, 0.25) is 0 Å². The van der Waals surface area contributed by atoms with E-state index in [1.807, 2.05) is 6.92 Å². The van der Waals surface area contributed by atoms with E-state index in [9.17, 15) is 9.18 Å². The first-order chi connectivity index (χ1) is 11.4. The number of halogens is 2. The van der Waals surface area contributed by atoms with Crippen LogP contribution < -0.4 is 0 Å². The Labute approximate surface area is 144 Å². The highest BCUT2D eigenvalue weighted by atomic mass is 79.9. The molecule has 2 heterocycles. The first kappa shape index (κ1) is 16.4. The topological polar surface area (TPSA) is 78.4 Å². The molecule has 2 aromatic heterocycles. The molecule has 0 saturated heterocycles. The molecule has 6 nitrogen and oxygen atoms in total. The van der Waals surface area contributed by atoms with E-state index in [-0.39, 0.29) is 24.0 Å². The number of hydrogen-bond donors (Lipinski definition) is 0. The monoisotopic (exact) mass is 394 g/mol. The van der Waals surface area contributed by atoms with E-state index in [1.165, 1.54) is 12.1 Å². The van der Waals surface area contributed by atoms with Gasteiger partial charge in [-0.2, -0.15) is 0 Å². The third-order valence-electron chi connectivity index (χ3n) is 3.21. The van der Waals surface area contributed by atoms with Gasteiger partial charge < -0.3 is 13.6 Å². The summed E-state index contributed by atoms with van der Waals surface area (Å²) in [5.41, 5.74) is 0.765. The number of furan rings is 1. The maximum absolute atomic E-state index is 13.2. The highest BCUT2D eigenvalue weighted by Crippen LogP contribution is 2.25. The number of aryl methyl sites for hydroxylation is 2. The third kappa shape index (κ3) is 3.38. The number of rotatable bonds is 4. The predicted octanol–water partition coefficient (Wildman–Crippen LogP) is 4.21. The summed E-state index contributed by atoms with van der Waals surface area (Å²) in [4.78, 5) is 12.0. The molecule has 0 bridgehead atoms. The normalized spacial score (nSPS) is 10.8. The van der Waals surface area contributed by atoms with Crippen molar-refractivity contribution in [1.82, 2.24) is 10.2 Å². The van der Waals surface area contributed by atoms with Crippen LogP contribution in [0.15, 0.2) is 37.6 Å². The van der Waals surface area contributed by atoms with Gasteiger partial charge in [0.1, 0.15) is 17.3 Å². The highest BCUT2D eigenvalue weighted by molar-refractivity contribution is 9.10. The second-order valence-electron chi connectivity index (χ2n) is 5.03. The zero-order valence-electron chi connectivity index (χ0n) is 12.8. The van der Waals surface area contributed by atoms with Crippen molar-refractivity contribution in [3.63, 3.8) is 0 Å². The van der Waals surface area contributed by atoms with Crippen molar-refractivity contribution in [1.29, 1.82) is 0 Å². The van der Waals surface area contributed by atoms with Crippen LogP contribution in [0.3, 0.4) is 0 Å². The standard InChI is InChI=1S/C16H12BrFN2O4/c1-8-5-11(9(2)23-8)15-20-19-14(24-15)7-22-16(21)12-6-10(18)3-4-13(12)17/h3-6H,7H2,1-2H3. The summed E-state index contributed by atoms with van der Waals surface area (Å²) in [5.74, 6) is 0.562. The number of ether oxygens (including phenoxy) is 1. The summed E-state index contributed by atoms with van der Waals surface area (Å²) in [6.07, 6.45) is 0. The lowest BCUT2D eigenvalue weighted by Crippen LogP contribution is -2.06. The molecule has 0 radical (unpaired) electrons. The molecule has 0 unspecified atom stereocenters. The van der Waals surface area contributed by atoms with E-state index in [0.29, 0.717) is 15.8 Å². The van der Waals surface area contributed by atoms with Gasteiger partial charge in [-0.05, 0) is 54.0 Å². The smallest absolute Gasteiger partial charge is 0.339 e. The van der Waals surface area contributed by atoms with Crippen molar-refractivity contribution in [2.45, 2.75) is 20.5 Å². The van der Waals surface area contributed by atoms with Gasteiger partial charge in [-0.1, -0.05) is 0 Å². The molecule has 1 aromatic carbocycles. The first-order valence-electron chi connectivity index (χ1n) is 6.96. The van der Waals surface area contributed by atoms with Crippen LogP contribution in [-0.2, 0) is 11.3 Å². The molecule has 0 aliphatic heterocycles. The minimum absolute atomic E-state index is 0.0797. The maximum Gasteiger partial charge on any atom is 0.339 e.